The third kappa shape index (κ3) is 3.67. The lowest BCUT2D eigenvalue weighted by Crippen LogP contribution is -2.43. The minimum atomic E-state index is 0.769. The van der Waals surface area contributed by atoms with Crippen molar-refractivity contribution in [2.24, 2.45) is 0 Å². The molecule has 0 spiro atoms. The standard InChI is InChI=1S/C19H30N2/c1-20-13-12-18-10-4-5-14-21(18)15-17-9-6-8-16-7-2-3-11-19(16)17/h2-3,7,11,17-18,20H,4-6,8-10,12-15H2,1H3. The van der Waals surface area contributed by atoms with Crippen LogP contribution in [0.25, 0.3) is 0 Å². The van der Waals surface area contributed by atoms with Crippen molar-refractivity contribution in [3.8, 4) is 0 Å². The van der Waals surface area contributed by atoms with Crippen LogP contribution < -0.4 is 5.32 Å². The number of aryl methyl sites for hydroxylation is 1. The van der Waals surface area contributed by atoms with Gasteiger partial charge in [-0.1, -0.05) is 30.7 Å². The van der Waals surface area contributed by atoms with E-state index in [0.717, 1.165) is 18.5 Å². The number of piperidine rings is 1. The van der Waals surface area contributed by atoms with Gasteiger partial charge in [-0.15, -0.1) is 0 Å². The first-order valence-electron chi connectivity index (χ1n) is 8.85. The maximum absolute atomic E-state index is 3.33. The Labute approximate surface area is 129 Å². The van der Waals surface area contributed by atoms with Crippen LogP contribution in [0.5, 0.6) is 0 Å². The van der Waals surface area contributed by atoms with Crippen LogP contribution in [0.1, 0.15) is 55.6 Å². The summed E-state index contributed by atoms with van der Waals surface area (Å²) in [5.74, 6) is 0.769. The lowest BCUT2D eigenvalue weighted by atomic mass is 9.82. The fraction of sp³-hybridized carbons (Fsp3) is 0.684. The SMILES string of the molecule is CNCCC1CCCCN1CC1CCCc2ccccc21. The summed E-state index contributed by atoms with van der Waals surface area (Å²) < 4.78 is 0. The molecule has 0 saturated carbocycles. The average Bonchev–Trinajstić information content (AvgIpc) is 2.54. The summed E-state index contributed by atoms with van der Waals surface area (Å²) in [5.41, 5.74) is 3.25. The fourth-order valence-electron chi connectivity index (χ4n) is 4.27. The van der Waals surface area contributed by atoms with Crippen LogP contribution in [0, 0.1) is 0 Å². The number of rotatable bonds is 5. The zero-order valence-corrected chi connectivity index (χ0v) is 13.5. The molecule has 2 heteroatoms. The predicted octanol–water partition coefficient (Wildman–Crippen LogP) is 3.57. The monoisotopic (exact) mass is 286 g/mol. The van der Waals surface area contributed by atoms with Gasteiger partial charge in [-0.05, 0) is 75.7 Å². The van der Waals surface area contributed by atoms with Crippen LogP contribution in [-0.2, 0) is 6.42 Å². The smallest absolute Gasteiger partial charge is 0.0108 e. The normalized spacial score (nSPS) is 26.5. The molecule has 1 N–H and O–H groups in total. The highest BCUT2D eigenvalue weighted by molar-refractivity contribution is 5.32. The van der Waals surface area contributed by atoms with Gasteiger partial charge in [-0.3, -0.25) is 4.90 Å². The van der Waals surface area contributed by atoms with Gasteiger partial charge in [0, 0.05) is 12.6 Å². The highest BCUT2D eigenvalue weighted by atomic mass is 15.2. The van der Waals surface area contributed by atoms with Crippen molar-refractivity contribution in [1.82, 2.24) is 10.2 Å². The van der Waals surface area contributed by atoms with Crippen LogP contribution in [0.3, 0.4) is 0 Å². The topological polar surface area (TPSA) is 15.3 Å². The summed E-state index contributed by atoms with van der Waals surface area (Å²) in [6.07, 6.45) is 9.57. The largest absolute Gasteiger partial charge is 0.320 e. The Hall–Kier alpha value is -0.860. The molecule has 0 bridgehead atoms. The molecule has 1 aliphatic carbocycles. The van der Waals surface area contributed by atoms with Gasteiger partial charge in [-0.25, -0.2) is 0 Å². The second-order valence-electron chi connectivity index (χ2n) is 6.82. The molecule has 21 heavy (non-hydrogen) atoms. The maximum Gasteiger partial charge on any atom is 0.0108 e. The Morgan fingerprint density at radius 3 is 2.95 bits per heavy atom. The number of nitrogens with one attached hydrogen (secondary N) is 1. The molecule has 0 radical (unpaired) electrons. The molecule has 1 heterocycles. The van der Waals surface area contributed by atoms with E-state index >= 15 is 0 Å². The number of hydrogen-bond acceptors (Lipinski definition) is 2. The first-order valence-corrected chi connectivity index (χ1v) is 8.85. The van der Waals surface area contributed by atoms with Gasteiger partial charge < -0.3 is 5.32 Å². The van der Waals surface area contributed by atoms with E-state index in [2.05, 4.69) is 41.5 Å². The first-order chi connectivity index (χ1) is 10.4. The zero-order chi connectivity index (χ0) is 14.5. The molecule has 2 atom stereocenters. The molecule has 1 aromatic rings. The van der Waals surface area contributed by atoms with Crippen LogP contribution in [-0.4, -0.2) is 37.6 Å². The maximum atomic E-state index is 3.33. The summed E-state index contributed by atoms with van der Waals surface area (Å²) in [6, 6.07) is 9.96. The molecule has 2 nitrogen and oxygen atoms in total. The fourth-order valence-corrected chi connectivity index (χ4v) is 4.27. The molecule has 1 aromatic carbocycles. The minimum Gasteiger partial charge on any atom is -0.320 e. The lowest BCUT2D eigenvalue weighted by molar-refractivity contribution is 0.128. The van der Waals surface area contributed by atoms with Gasteiger partial charge in [0.2, 0.25) is 0 Å². The van der Waals surface area contributed by atoms with Crippen molar-refractivity contribution in [3.05, 3.63) is 35.4 Å². The van der Waals surface area contributed by atoms with Gasteiger partial charge in [0.15, 0.2) is 0 Å². The Morgan fingerprint density at radius 2 is 2.05 bits per heavy atom. The van der Waals surface area contributed by atoms with E-state index in [1.54, 1.807) is 11.1 Å². The van der Waals surface area contributed by atoms with E-state index < -0.39 is 0 Å². The van der Waals surface area contributed by atoms with Crippen molar-refractivity contribution >= 4 is 0 Å². The summed E-state index contributed by atoms with van der Waals surface area (Å²) >= 11 is 0. The summed E-state index contributed by atoms with van der Waals surface area (Å²) in [7, 11) is 2.07. The summed E-state index contributed by atoms with van der Waals surface area (Å²) in [6.45, 7) is 3.75. The molecule has 0 aromatic heterocycles. The molecular formula is C19H30N2. The number of hydrogen-bond donors (Lipinski definition) is 1. The van der Waals surface area contributed by atoms with Gasteiger partial charge >= 0.3 is 0 Å². The highest BCUT2D eigenvalue weighted by Gasteiger charge is 2.27. The van der Waals surface area contributed by atoms with Crippen molar-refractivity contribution in [2.45, 2.75) is 56.9 Å². The third-order valence-corrected chi connectivity index (χ3v) is 5.43. The number of likely N-dealkylation sites (tertiary alicyclic amines) is 1. The van der Waals surface area contributed by atoms with E-state index in [1.165, 1.54) is 58.0 Å². The molecule has 3 rings (SSSR count). The van der Waals surface area contributed by atoms with Crippen molar-refractivity contribution in [1.29, 1.82) is 0 Å². The predicted molar refractivity (Wildman–Crippen MR) is 89.9 cm³/mol. The van der Waals surface area contributed by atoms with E-state index in [9.17, 15) is 0 Å². The number of nitrogens with zero attached hydrogens (tertiary/aromatic N) is 1. The second kappa shape index (κ2) is 7.42. The van der Waals surface area contributed by atoms with E-state index in [4.69, 9.17) is 0 Å². The Balaban J connectivity index is 1.67. The van der Waals surface area contributed by atoms with Gasteiger partial charge in [0.05, 0.1) is 0 Å². The van der Waals surface area contributed by atoms with Gasteiger partial charge in [0.1, 0.15) is 0 Å². The molecule has 0 amide bonds. The van der Waals surface area contributed by atoms with E-state index in [-0.39, 0.29) is 0 Å². The van der Waals surface area contributed by atoms with Gasteiger partial charge in [0.25, 0.3) is 0 Å². The van der Waals surface area contributed by atoms with Gasteiger partial charge in [-0.2, -0.15) is 0 Å². The van der Waals surface area contributed by atoms with Crippen LogP contribution in [0.15, 0.2) is 24.3 Å². The minimum absolute atomic E-state index is 0.769. The zero-order valence-electron chi connectivity index (χ0n) is 13.5. The third-order valence-electron chi connectivity index (χ3n) is 5.43. The van der Waals surface area contributed by atoms with E-state index in [1.807, 2.05) is 0 Å². The number of benzene rings is 1. The first kappa shape index (κ1) is 15.1. The Morgan fingerprint density at radius 1 is 1.14 bits per heavy atom. The van der Waals surface area contributed by atoms with Crippen molar-refractivity contribution < 1.29 is 0 Å². The van der Waals surface area contributed by atoms with E-state index in [0.29, 0.717) is 0 Å². The molecule has 1 aliphatic heterocycles. The number of fused-ring (bicyclic) bond motifs is 1. The quantitative estimate of drug-likeness (QED) is 0.890. The molecular weight excluding hydrogens is 256 g/mol. The molecule has 116 valence electrons. The Kier molecular flexibility index (Phi) is 5.32. The van der Waals surface area contributed by atoms with Crippen molar-refractivity contribution in [3.63, 3.8) is 0 Å². The van der Waals surface area contributed by atoms with Crippen LogP contribution in [0.2, 0.25) is 0 Å². The summed E-state index contributed by atoms with van der Waals surface area (Å²) in [5, 5.41) is 3.33. The van der Waals surface area contributed by atoms with Crippen molar-refractivity contribution in [2.75, 3.05) is 26.7 Å². The summed E-state index contributed by atoms with van der Waals surface area (Å²) in [4.78, 5) is 2.80. The molecule has 2 aliphatic rings. The molecule has 2 unspecified atom stereocenters. The molecule has 1 saturated heterocycles. The molecule has 1 fully saturated rings. The van der Waals surface area contributed by atoms with Crippen LogP contribution >= 0.6 is 0 Å². The Bertz CT molecular complexity index is 443. The average molecular weight is 286 g/mol. The van der Waals surface area contributed by atoms with Crippen LogP contribution in [0.4, 0.5) is 0 Å². The highest BCUT2D eigenvalue weighted by Crippen LogP contribution is 2.33. The second-order valence-corrected chi connectivity index (χ2v) is 6.82. The lowest BCUT2D eigenvalue weighted by Gasteiger charge is -2.39.